The van der Waals surface area contributed by atoms with Crippen LogP contribution in [0.25, 0.3) is 0 Å². The maximum absolute atomic E-state index is 12.5. The zero-order valence-electron chi connectivity index (χ0n) is 10.1. The predicted molar refractivity (Wildman–Crippen MR) is 62.3 cm³/mol. The third-order valence-electron chi connectivity index (χ3n) is 3.07. The fraction of sp³-hybridized carbons (Fsp3) is 0.286. The van der Waals surface area contributed by atoms with Crippen molar-refractivity contribution >= 4 is 0 Å². The number of benzene rings is 1. The fourth-order valence-electron chi connectivity index (χ4n) is 1.85. The number of furan rings is 1. The molecule has 1 aromatic carbocycles. The normalized spacial score (nSPS) is 12.7. The van der Waals surface area contributed by atoms with Gasteiger partial charge in [0, 0.05) is 5.41 Å². The minimum absolute atomic E-state index is 0.451. The van der Waals surface area contributed by atoms with Gasteiger partial charge in [-0.2, -0.15) is 13.2 Å². The van der Waals surface area contributed by atoms with Crippen LogP contribution in [0.5, 0.6) is 0 Å². The van der Waals surface area contributed by atoms with Crippen LogP contribution in [0.2, 0.25) is 0 Å². The van der Waals surface area contributed by atoms with Crippen LogP contribution in [0.3, 0.4) is 0 Å². The second kappa shape index (κ2) is 4.19. The van der Waals surface area contributed by atoms with Crippen molar-refractivity contribution in [2.45, 2.75) is 25.4 Å². The molecule has 0 amide bonds. The summed E-state index contributed by atoms with van der Waals surface area (Å²) in [6.45, 7) is 3.82. The summed E-state index contributed by atoms with van der Waals surface area (Å²) in [4.78, 5) is 0. The molecule has 0 N–H and O–H groups in total. The zero-order chi connectivity index (χ0) is 13.4. The van der Waals surface area contributed by atoms with Crippen molar-refractivity contribution in [2.24, 2.45) is 0 Å². The SMILES string of the molecule is CC(C)(c1ccc(C(F)(F)F)cc1)c1ccco1. The zero-order valence-corrected chi connectivity index (χ0v) is 10.1. The van der Waals surface area contributed by atoms with E-state index >= 15 is 0 Å². The monoisotopic (exact) mass is 254 g/mol. The van der Waals surface area contributed by atoms with Gasteiger partial charge in [0.1, 0.15) is 5.76 Å². The second-order valence-corrected chi connectivity index (χ2v) is 4.68. The Bertz CT molecular complexity index is 507. The average molecular weight is 254 g/mol. The molecule has 0 unspecified atom stereocenters. The standard InChI is InChI=1S/C14H13F3O/c1-13(2,12-4-3-9-18-12)10-5-7-11(8-6-10)14(15,16)17/h3-9H,1-2H3. The molecule has 2 aromatic rings. The smallest absolute Gasteiger partial charge is 0.416 e. The fourth-order valence-corrected chi connectivity index (χ4v) is 1.85. The lowest BCUT2D eigenvalue weighted by Gasteiger charge is -2.23. The molecule has 0 aliphatic rings. The molecule has 1 aromatic heterocycles. The van der Waals surface area contributed by atoms with E-state index in [2.05, 4.69) is 0 Å². The molecule has 4 heteroatoms. The van der Waals surface area contributed by atoms with Gasteiger partial charge < -0.3 is 4.42 Å². The van der Waals surface area contributed by atoms with Gasteiger partial charge >= 0.3 is 6.18 Å². The lowest BCUT2D eigenvalue weighted by atomic mass is 9.82. The van der Waals surface area contributed by atoms with Crippen molar-refractivity contribution in [3.8, 4) is 0 Å². The summed E-state index contributed by atoms with van der Waals surface area (Å²) in [6.07, 6.45) is -2.74. The third-order valence-corrected chi connectivity index (χ3v) is 3.07. The highest BCUT2D eigenvalue weighted by atomic mass is 19.4. The molecule has 0 aliphatic carbocycles. The number of halogens is 3. The molecular weight excluding hydrogens is 241 g/mol. The van der Waals surface area contributed by atoms with Crippen LogP contribution in [0, 0.1) is 0 Å². The average Bonchev–Trinajstić information content (AvgIpc) is 2.82. The highest BCUT2D eigenvalue weighted by molar-refractivity contribution is 5.35. The molecule has 1 heterocycles. The van der Waals surface area contributed by atoms with E-state index in [9.17, 15) is 13.2 Å². The molecule has 0 bridgehead atoms. The summed E-state index contributed by atoms with van der Waals surface area (Å²) in [5, 5.41) is 0. The van der Waals surface area contributed by atoms with E-state index < -0.39 is 17.2 Å². The summed E-state index contributed by atoms with van der Waals surface area (Å²) in [5.74, 6) is 0.724. The Morgan fingerprint density at radius 1 is 0.889 bits per heavy atom. The minimum Gasteiger partial charge on any atom is -0.468 e. The number of hydrogen-bond acceptors (Lipinski definition) is 1. The van der Waals surface area contributed by atoms with E-state index in [-0.39, 0.29) is 0 Å². The van der Waals surface area contributed by atoms with E-state index in [1.807, 2.05) is 19.9 Å². The van der Waals surface area contributed by atoms with Gasteiger partial charge in [0.25, 0.3) is 0 Å². The Morgan fingerprint density at radius 3 is 1.89 bits per heavy atom. The first kappa shape index (κ1) is 12.7. The molecule has 0 saturated carbocycles. The molecule has 0 saturated heterocycles. The van der Waals surface area contributed by atoms with Crippen LogP contribution in [0.15, 0.2) is 47.1 Å². The summed E-state index contributed by atoms with van der Waals surface area (Å²) < 4.78 is 42.7. The van der Waals surface area contributed by atoms with Crippen LogP contribution in [-0.4, -0.2) is 0 Å². The summed E-state index contributed by atoms with van der Waals surface area (Å²) in [7, 11) is 0. The van der Waals surface area contributed by atoms with Crippen molar-refractivity contribution in [3.63, 3.8) is 0 Å². The molecule has 96 valence electrons. The molecule has 0 aliphatic heterocycles. The largest absolute Gasteiger partial charge is 0.468 e. The van der Waals surface area contributed by atoms with Crippen LogP contribution in [-0.2, 0) is 11.6 Å². The molecular formula is C14H13F3O. The van der Waals surface area contributed by atoms with Gasteiger partial charge in [-0.15, -0.1) is 0 Å². The van der Waals surface area contributed by atoms with Crippen LogP contribution in [0.4, 0.5) is 13.2 Å². The van der Waals surface area contributed by atoms with Crippen LogP contribution >= 0.6 is 0 Å². The van der Waals surface area contributed by atoms with Gasteiger partial charge in [-0.3, -0.25) is 0 Å². The maximum Gasteiger partial charge on any atom is 0.416 e. The predicted octanol–water partition coefficient (Wildman–Crippen LogP) is 4.62. The first-order valence-electron chi connectivity index (χ1n) is 5.53. The molecule has 0 spiro atoms. The highest BCUT2D eigenvalue weighted by Gasteiger charge is 2.32. The quantitative estimate of drug-likeness (QED) is 0.761. The Kier molecular flexibility index (Phi) is 2.97. The Labute approximate surface area is 103 Å². The van der Waals surface area contributed by atoms with E-state index in [0.717, 1.165) is 23.5 Å². The topological polar surface area (TPSA) is 13.1 Å². The molecule has 1 nitrogen and oxygen atoms in total. The second-order valence-electron chi connectivity index (χ2n) is 4.68. The number of alkyl halides is 3. The summed E-state index contributed by atoms with van der Waals surface area (Å²) >= 11 is 0. The maximum atomic E-state index is 12.5. The highest BCUT2D eigenvalue weighted by Crippen LogP contribution is 2.34. The Hall–Kier alpha value is -1.71. The van der Waals surface area contributed by atoms with Gasteiger partial charge in [-0.1, -0.05) is 12.1 Å². The van der Waals surface area contributed by atoms with Gasteiger partial charge in [-0.05, 0) is 43.7 Å². The summed E-state index contributed by atoms with van der Waals surface area (Å²) in [5.41, 5.74) is -0.305. The van der Waals surface area contributed by atoms with Gasteiger partial charge in [0.15, 0.2) is 0 Å². The van der Waals surface area contributed by atoms with Crippen molar-refractivity contribution in [3.05, 3.63) is 59.5 Å². The Morgan fingerprint density at radius 2 is 1.44 bits per heavy atom. The lowest BCUT2D eigenvalue weighted by Crippen LogP contribution is -2.18. The van der Waals surface area contributed by atoms with E-state index in [4.69, 9.17) is 4.42 Å². The number of rotatable bonds is 2. The molecule has 0 atom stereocenters. The summed E-state index contributed by atoms with van der Waals surface area (Å²) in [6, 6.07) is 8.76. The van der Waals surface area contributed by atoms with Gasteiger partial charge in [0.2, 0.25) is 0 Å². The van der Waals surface area contributed by atoms with Crippen LogP contribution < -0.4 is 0 Å². The third kappa shape index (κ3) is 2.28. The molecule has 2 rings (SSSR count). The van der Waals surface area contributed by atoms with Crippen molar-refractivity contribution in [1.82, 2.24) is 0 Å². The van der Waals surface area contributed by atoms with Crippen LogP contribution in [0.1, 0.15) is 30.7 Å². The van der Waals surface area contributed by atoms with Crippen molar-refractivity contribution < 1.29 is 17.6 Å². The molecule has 18 heavy (non-hydrogen) atoms. The first-order chi connectivity index (χ1) is 8.32. The van der Waals surface area contributed by atoms with Gasteiger partial charge in [0.05, 0.1) is 11.8 Å². The van der Waals surface area contributed by atoms with Crippen molar-refractivity contribution in [1.29, 1.82) is 0 Å². The Balaban J connectivity index is 2.36. The van der Waals surface area contributed by atoms with E-state index in [1.54, 1.807) is 12.3 Å². The molecule has 0 fully saturated rings. The molecule has 0 radical (unpaired) electrons. The lowest BCUT2D eigenvalue weighted by molar-refractivity contribution is -0.137. The first-order valence-corrected chi connectivity index (χ1v) is 5.53. The van der Waals surface area contributed by atoms with E-state index in [1.165, 1.54) is 12.1 Å². The minimum atomic E-state index is -4.30. The number of hydrogen-bond donors (Lipinski definition) is 0. The van der Waals surface area contributed by atoms with E-state index in [0.29, 0.717) is 0 Å². The van der Waals surface area contributed by atoms with Gasteiger partial charge in [-0.25, -0.2) is 0 Å². The van der Waals surface area contributed by atoms with Crippen molar-refractivity contribution in [2.75, 3.05) is 0 Å².